The van der Waals surface area contributed by atoms with Gasteiger partial charge in [0.05, 0.1) is 0 Å². The van der Waals surface area contributed by atoms with Crippen molar-refractivity contribution in [2.24, 2.45) is 5.92 Å². The molecule has 166 valence electrons. The second-order valence-electron chi connectivity index (χ2n) is 7.92. The highest BCUT2D eigenvalue weighted by molar-refractivity contribution is 5.96. The second kappa shape index (κ2) is 10.2. The molecule has 0 spiro atoms. The molecule has 0 saturated heterocycles. The van der Waals surface area contributed by atoms with Crippen LogP contribution < -0.4 is 21.3 Å². The molecule has 1 aromatic rings. The highest BCUT2D eigenvalue weighted by Crippen LogP contribution is 2.24. The Labute approximate surface area is 175 Å². The molecule has 30 heavy (non-hydrogen) atoms. The predicted octanol–water partition coefficient (Wildman–Crippen LogP) is 0.719. The lowest BCUT2D eigenvalue weighted by molar-refractivity contribution is -0.129. The average molecular weight is 421 g/mol. The average Bonchev–Trinajstić information content (AvgIpc) is 3.04. The highest BCUT2D eigenvalue weighted by Gasteiger charge is 2.30. The smallest absolute Gasteiger partial charge is 0.274 e. The summed E-state index contributed by atoms with van der Waals surface area (Å²) in [6.45, 7) is 8.73. The molecule has 0 unspecified atom stereocenters. The Bertz CT molecular complexity index is 804. The predicted molar refractivity (Wildman–Crippen MR) is 108 cm³/mol. The minimum atomic E-state index is -0.738. The first-order valence-corrected chi connectivity index (χ1v) is 10.2. The Morgan fingerprint density at radius 3 is 2.50 bits per heavy atom. The molecular formula is C20H31N5O5. The topological polar surface area (TPSA) is 142 Å². The van der Waals surface area contributed by atoms with Crippen molar-refractivity contribution in [3.8, 4) is 0 Å². The van der Waals surface area contributed by atoms with Gasteiger partial charge in [-0.3, -0.25) is 19.2 Å². The molecule has 0 radical (unpaired) electrons. The number of nitrogens with zero attached hydrogens (tertiary/aromatic N) is 1. The molecular weight excluding hydrogens is 390 g/mol. The van der Waals surface area contributed by atoms with Gasteiger partial charge in [-0.15, -0.1) is 0 Å². The van der Waals surface area contributed by atoms with Crippen molar-refractivity contribution >= 4 is 23.6 Å². The number of nitrogens with one attached hydrogen (secondary N) is 4. The van der Waals surface area contributed by atoms with Gasteiger partial charge in [-0.05, 0) is 39.0 Å². The Kier molecular flexibility index (Phi) is 7.96. The van der Waals surface area contributed by atoms with E-state index in [-0.39, 0.29) is 41.0 Å². The van der Waals surface area contributed by atoms with Crippen molar-refractivity contribution in [2.45, 2.75) is 72.0 Å². The normalized spacial score (nSPS) is 24.1. The van der Waals surface area contributed by atoms with Crippen LogP contribution in [0.4, 0.5) is 0 Å². The van der Waals surface area contributed by atoms with Gasteiger partial charge < -0.3 is 25.7 Å². The van der Waals surface area contributed by atoms with Crippen LogP contribution in [-0.4, -0.2) is 47.2 Å². The second-order valence-corrected chi connectivity index (χ2v) is 7.92. The molecule has 2 bridgehead atoms. The SMILES string of the molecule is CC(=O)N[C@H]1CCCCNC(=O)[C@@H](C)NC(=O)c2nc(oc2C)[C@H](C(C)C)NC1=O. The number of aromatic nitrogens is 1. The number of hydrogen-bond acceptors (Lipinski definition) is 6. The van der Waals surface area contributed by atoms with Crippen molar-refractivity contribution in [3.05, 3.63) is 17.3 Å². The molecule has 0 fully saturated rings. The van der Waals surface area contributed by atoms with Crippen molar-refractivity contribution in [3.63, 3.8) is 0 Å². The van der Waals surface area contributed by atoms with E-state index in [1.807, 2.05) is 13.8 Å². The first-order chi connectivity index (χ1) is 14.1. The summed E-state index contributed by atoms with van der Waals surface area (Å²) in [7, 11) is 0. The Morgan fingerprint density at radius 1 is 1.17 bits per heavy atom. The molecule has 4 amide bonds. The van der Waals surface area contributed by atoms with E-state index in [1.165, 1.54) is 6.92 Å². The van der Waals surface area contributed by atoms with E-state index in [4.69, 9.17) is 4.42 Å². The number of rotatable bonds is 2. The Hall–Kier alpha value is -2.91. The van der Waals surface area contributed by atoms with Crippen LogP contribution >= 0.6 is 0 Å². The van der Waals surface area contributed by atoms with Crippen molar-refractivity contribution in [2.75, 3.05) is 6.54 Å². The summed E-state index contributed by atoms with van der Waals surface area (Å²) in [5, 5.41) is 10.9. The van der Waals surface area contributed by atoms with E-state index in [9.17, 15) is 19.2 Å². The monoisotopic (exact) mass is 421 g/mol. The van der Waals surface area contributed by atoms with E-state index in [1.54, 1.807) is 13.8 Å². The summed E-state index contributed by atoms with van der Waals surface area (Å²) in [6.07, 6.45) is 1.67. The maximum Gasteiger partial charge on any atom is 0.274 e. The van der Waals surface area contributed by atoms with Crippen LogP contribution in [0.3, 0.4) is 0 Å². The zero-order valence-corrected chi connectivity index (χ0v) is 18.1. The highest BCUT2D eigenvalue weighted by atomic mass is 16.4. The van der Waals surface area contributed by atoms with Crippen LogP contribution in [0, 0.1) is 12.8 Å². The molecule has 2 rings (SSSR count). The third-order valence-corrected chi connectivity index (χ3v) is 4.91. The van der Waals surface area contributed by atoms with Gasteiger partial charge >= 0.3 is 0 Å². The van der Waals surface area contributed by atoms with Gasteiger partial charge in [0.25, 0.3) is 5.91 Å². The fraction of sp³-hybridized carbons (Fsp3) is 0.650. The molecule has 0 aromatic carbocycles. The van der Waals surface area contributed by atoms with Gasteiger partial charge in [0.1, 0.15) is 23.9 Å². The summed E-state index contributed by atoms with van der Waals surface area (Å²) in [4.78, 5) is 53.5. The molecule has 0 aliphatic carbocycles. The Balaban J connectivity index is 2.37. The molecule has 1 aliphatic rings. The van der Waals surface area contributed by atoms with Crippen LogP contribution in [0.2, 0.25) is 0 Å². The lowest BCUT2D eigenvalue weighted by Gasteiger charge is -2.24. The van der Waals surface area contributed by atoms with Crippen LogP contribution in [0.1, 0.15) is 75.1 Å². The third kappa shape index (κ3) is 6.04. The van der Waals surface area contributed by atoms with Crippen LogP contribution in [0.15, 0.2) is 4.42 Å². The summed E-state index contributed by atoms with van der Waals surface area (Å²) < 4.78 is 5.69. The van der Waals surface area contributed by atoms with Crippen molar-refractivity contribution < 1.29 is 23.6 Å². The van der Waals surface area contributed by atoms with Gasteiger partial charge in [-0.25, -0.2) is 4.98 Å². The zero-order valence-electron chi connectivity index (χ0n) is 18.1. The van der Waals surface area contributed by atoms with E-state index < -0.39 is 24.0 Å². The van der Waals surface area contributed by atoms with Gasteiger partial charge in [0.2, 0.25) is 23.6 Å². The maximum absolute atomic E-state index is 12.9. The molecule has 0 saturated carbocycles. The molecule has 10 nitrogen and oxygen atoms in total. The standard InChI is InChI=1S/C20H31N5O5/c1-10(2)15-20-25-16(12(4)30-20)19(29)22-11(3)17(27)21-9-7-6-8-14(18(28)24-15)23-13(5)26/h10-11,14-15H,6-9H2,1-5H3,(H,21,27)(H,22,29)(H,23,26)(H,24,28)/t11-,14+,15+/m1/s1. The fourth-order valence-corrected chi connectivity index (χ4v) is 3.21. The quantitative estimate of drug-likeness (QED) is 0.554. The van der Waals surface area contributed by atoms with Gasteiger partial charge in [-0.1, -0.05) is 13.8 Å². The largest absolute Gasteiger partial charge is 0.443 e. The zero-order chi connectivity index (χ0) is 22.4. The van der Waals surface area contributed by atoms with Crippen molar-refractivity contribution in [1.82, 2.24) is 26.3 Å². The first kappa shape index (κ1) is 23.4. The van der Waals surface area contributed by atoms with E-state index >= 15 is 0 Å². The number of amides is 4. The van der Waals surface area contributed by atoms with Gasteiger partial charge in [-0.2, -0.15) is 0 Å². The number of oxazole rings is 1. The summed E-state index contributed by atoms with van der Waals surface area (Å²) in [5.74, 6) is -1.08. The number of fused-ring (bicyclic) bond motifs is 2. The molecule has 4 N–H and O–H groups in total. The summed E-state index contributed by atoms with van der Waals surface area (Å²) >= 11 is 0. The van der Waals surface area contributed by atoms with Gasteiger partial charge in [0.15, 0.2) is 5.69 Å². The number of hydrogen-bond donors (Lipinski definition) is 4. The van der Waals surface area contributed by atoms with Crippen molar-refractivity contribution in [1.29, 1.82) is 0 Å². The molecule has 2 heterocycles. The molecule has 1 aromatic heterocycles. The lowest BCUT2D eigenvalue weighted by atomic mass is 10.0. The number of aryl methyl sites for hydroxylation is 1. The fourth-order valence-electron chi connectivity index (χ4n) is 3.21. The van der Waals surface area contributed by atoms with E-state index in [0.29, 0.717) is 25.8 Å². The van der Waals surface area contributed by atoms with Crippen LogP contribution in [0.25, 0.3) is 0 Å². The summed E-state index contributed by atoms with van der Waals surface area (Å²) in [5.41, 5.74) is 0.0649. The minimum absolute atomic E-state index is 0.0649. The molecule has 3 atom stereocenters. The van der Waals surface area contributed by atoms with E-state index in [0.717, 1.165) is 0 Å². The number of carbonyl (C=O) groups is 4. The third-order valence-electron chi connectivity index (χ3n) is 4.91. The molecule has 1 aliphatic heterocycles. The minimum Gasteiger partial charge on any atom is -0.443 e. The van der Waals surface area contributed by atoms with Gasteiger partial charge in [0, 0.05) is 13.5 Å². The number of carbonyl (C=O) groups excluding carboxylic acids is 4. The maximum atomic E-state index is 12.9. The van der Waals surface area contributed by atoms with E-state index in [2.05, 4.69) is 26.3 Å². The first-order valence-electron chi connectivity index (χ1n) is 10.2. The van der Waals surface area contributed by atoms with Crippen LogP contribution in [0.5, 0.6) is 0 Å². The molecule has 10 heteroatoms. The Morgan fingerprint density at radius 2 is 1.87 bits per heavy atom. The summed E-state index contributed by atoms with van der Waals surface area (Å²) in [6, 6.07) is -2.04. The van der Waals surface area contributed by atoms with Crippen LogP contribution in [-0.2, 0) is 14.4 Å². The lowest BCUT2D eigenvalue weighted by Crippen LogP contribution is -2.48.